The number of hydrogen-bond donors (Lipinski definition) is 2. The lowest BCUT2D eigenvalue weighted by molar-refractivity contribution is 0.0893. The smallest absolute Gasteiger partial charge is 0.193 e. The van der Waals surface area contributed by atoms with Crippen LogP contribution in [-0.4, -0.2) is 38.9 Å². The predicted molar refractivity (Wildman–Crippen MR) is 106 cm³/mol. The predicted octanol–water partition coefficient (Wildman–Crippen LogP) is 3.09. The number of rotatable bonds is 7. The number of nitrogens with zero attached hydrogens (tertiary/aromatic N) is 1. The molecule has 0 spiro atoms. The molecule has 1 atom stereocenters. The maximum absolute atomic E-state index is 5.89. The highest BCUT2D eigenvalue weighted by Crippen LogP contribution is 2.14. The Hall–Kier alpha value is -0.860. The van der Waals surface area contributed by atoms with Crippen molar-refractivity contribution in [2.24, 2.45) is 16.6 Å². The van der Waals surface area contributed by atoms with E-state index in [1.165, 1.54) is 11.1 Å². The maximum Gasteiger partial charge on any atom is 0.193 e. The van der Waals surface area contributed by atoms with E-state index in [0.29, 0.717) is 18.4 Å². The van der Waals surface area contributed by atoms with Crippen LogP contribution in [0.5, 0.6) is 0 Å². The zero-order valence-corrected chi connectivity index (χ0v) is 16.3. The quantitative estimate of drug-likeness (QED) is 0.300. The minimum Gasteiger partial charge on any atom is -0.381 e. The van der Waals surface area contributed by atoms with Crippen LogP contribution in [0.25, 0.3) is 0 Å². The number of ether oxygens (including phenoxy) is 2. The van der Waals surface area contributed by atoms with Gasteiger partial charge in [0.25, 0.3) is 0 Å². The fourth-order valence-corrected chi connectivity index (χ4v) is 2.34. The van der Waals surface area contributed by atoms with E-state index in [1.807, 2.05) is 6.07 Å². The molecular weight excluding hydrogens is 405 g/mol. The Labute approximate surface area is 156 Å². The molecule has 0 aromatic heterocycles. The van der Waals surface area contributed by atoms with Gasteiger partial charge in [0.1, 0.15) is 0 Å². The first-order valence-corrected chi connectivity index (χ1v) is 7.95. The first kappa shape index (κ1) is 20.2. The molecule has 1 heterocycles. The van der Waals surface area contributed by atoms with E-state index in [9.17, 15) is 0 Å². The number of benzene rings is 1. The molecule has 6 heteroatoms. The van der Waals surface area contributed by atoms with E-state index >= 15 is 0 Å². The van der Waals surface area contributed by atoms with Crippen LogP contribution < -0.4 is 11.1 Å². The largest absolute Gasteiger partial charge is 0.381 e. The Bertz CT molecular complexity index is 503. The molecule has 3 N–H and O–H groups in total. The minimum absolute atomic E-state index is 0. The Balaban J connectivity index is 0.00000264. The minimum atomic E-state index is 0. The zero-order valence-electron chi connectivity index (χ0n) is 14.0. The fourth-order valence-electron chi connectivity index (χ4n) is 2.34. The van der Waals surface area contributed by atoms with Crippen LogP contribution in [0.2, 0.25) is 0 Å². The topological polar surface area (TPSA) is 68.9 Å². The van der Waals surface area contributed by atoms with Gasteiger partial charge in [0.15, 0.2) is 5.96 Å². The third kappa shape index (κ3) is 7.50. The second-order valence-corrected chi connectivity index (χ2v) is 5.85. The molecule has 130 valence electrons. The average molecular weight is 433 g/mol. The standard InChI is InChI=1S/C17H27N3O2.HI/c1-13-4-5-16(10-14(13)2)20-17(18)19-7-3-8-21-11-15-6-9-22-12-15;/h4-5,10,15H,3,6-9,11-12H2,1-2H3,(H3,18,19,20);1H. The molecule has 0 radical (unpaired) electrons. The van der Waals surface area contributed by atoms with Gasteiger partial charge in [-0.2, -0.15) is 0 Å². The van der Waals surface area contributed by atoms with Crippen molar-refractivity contribution in [3.8, 4) is 0 Å². The summed E-state index contributed by atoms with van der Waals surface area (Å²) in [5.74, 6) is 1.02. The molecule has 0 amide bonds. The number of anilines is 1. The van der Waals surface area contributed by atoms with Gasteiger partial charge in [-0.05, 0) is 49.9 Å². The Kier molecular flexibility index (Phi) is 9.50. The fraction of sp³-hybridized carbons (Fsp3) is 0.588. The molecule has 1 fully saturated rings. The number of nitrogens with one attached hydrogen (secondary N) is 1. The lowest BCUT2D eigenvalue weighted by atomic mass is 10.1. The first-order valence-electron chi connectivity index (χ1n) is 7.95. The number of aryl methyl sites for hydroxylation is 2. The Morgan fingerprint density at radius 3 is 2.91 bits per heavy atom. The van der Waals surface area contributed by atoms with Crippen molar-refractivity contribution in [2.75, 3.05) is 38.3 Å². The average Bonchev–Trinajstić information content (AvgIpc) is 3.00. The van der Waals surface area contributed by atoms with Crippen molar-refractivity contribution in [1.82, 2.24) is 0 Å². The molecule has 1 unspecified atom stereocenters. The van der Waals surface area contributed by atoms with Gasteiger partial charge in [-0.25, -0.2) is 0 Å². The highest BCUT2D eigenvalue weighted by atomic mass is 127. The van der Waals surface area contributed by atoms with Gasteiger partial charge in [0, 0.05) is 31.4 Å². The van der Waals surface area contributed by atoms with Crippen molar-refractivity contribution in [1.29, 1.82) is 0 Å². The Morgan fingerprint density at radius 1 is 1.39 bits per heavy atom. The maximum atomic E-state index is 5.89. The van der Waals surface area contributed by atoms with Gasteiger partial charge >= 0.3 is 0 Å². The van der Waals surface area contributed by atoms with Crippen LogP contribution in [0.3, 0.4) is 0 Å². The van der Waals surface area contributed by atoms with Crippen molar-refractivity contribution in [3.05, 3.63) is 29.3 Å². The Morgan fingerprint density at radius 2 is 2.22 bits per heavy atom. The number of halogens is 1. The molecule has 1 aliphatic heterocycles. The number of guanidine groups is 1. The van der Waals surface area contributed by atoms with Gasteiger partial charge in [0.05, 0.1) is 13.2 Å². The molecule has 1 aliphatic rings. The molecule has 0 aliphatic carbocycles. The summed E-state index contributed by atoms with van der Waals surface area (Å²) in [5.41, 5.74) is 9.37. The second kappa shape index (κ2) is 10.8. The number of hydrogen-bond acceptors (Lipinski definition) is 3. The summed E-state index contributed by atoms with van der Waals surface area (Å²) in [6, 6.07) is 6.16. The summed E-state index contributed by atoms with van der Waals surface area (Å²) < 4.78 is 10.9. The van der Waals surface area contributed by atoms with Crippen LogP contribution in [-0.2, 0) is 9.47 Å². The summed E-state index contributed by atoms with van der Waals surface area (Å²) in [6.45, 7) is 8.07. The van der Waals surface area contributed by atoms with Gasteiger partial charge in [-0.15, -0.1) is 24.0 Å². The molecule has 2 rings (SSSR count). The van der Waals surface area contributed by atoms with E-state index in [2.05, 4.69) is 36.3 Å². The van der Waals surface area contributed by atoms with E-state index in [-0.39, 0.29) is 24.0 Å². The van der Waals surface area contributed by atoms with Crippen molar-refractivity contribution in [3.63, 3.8) is 0 Å². The van der Waals surface area contributed by atoms with E-state index in [1.54, 1.807) is 0 Å². The van der Waals surface area contributed by atoms with Crippen LogP contribution >= 0.6 is 24.0 Å². The lowest BCUT2D eigenvalue weighted by Crippen LogP contribution is -2.23. The lowest BCUT2D eigenvalue weighted by Gasteiger charge is -2.09. The van der Waals surface area contributed by atoms with Crippen LogP contribution in [0.15, 0.2) is 23.2 Å². The van der Waals surface area contributed by atoms with Gasteiger partial charge in [-0.1, -0.05) is 6.07 Å². The second-order valence-electron chi connectivity index (χ2n) is 5.85. The summed E-state index contributed by atoms with van der Waals surface area (Å²) in [4.78, 5) is 4.32. The monoisotopic (exact) mass is 433 g/mol. The molecule has 0 saturated carbocycles. The van der Waals surface area contributed by atoms with Crippen molar-refractivity contribution in [2.45, 2.75) is 26.7 Å². The molecule has 1 saturated heterocycles. The SMILES string of the molecule is Cc1ccc(NC(N)=NCCCOCC2CCOC2)cc1C.I. The summed E-state index contributed by atoms with van der Waals surface area (Å²) in [6.07, 6.45) is 1.99. The van der Waals surface area contributed by atoms with E-state index in [0.717, 1.165) is 45.0 Å². The summed E-state index contributed by atoms with van der Waals surface area (Å²) in [7, 11) is 0. The van der Waals surface area contributed by atoms with Crippen LogP contribution in [0.4, 0.5) is 5.69 Å². The highest BCUT2D eigenvalue weighted by Gasteiger charge is 2.14. The third-order valence-corrected chi connectivity index (χ3v) is 3.89. The molecule has 1 aromatic rings. The van der Waals surface area contributed by atoms with E-state index < -0.39 is 0 Å². The van der Waals surface area contributed by atoms with Crippen molar-refractivity contribution >= 4 is 35.6 Å². The third-order valence-electron chi connectivity index (χ3n) is 3.89. The van der Waals surface area contributed by atoms with E-state index in [4.69, 9.17) is 15.2 Å². The molecule has 0 bridgehead atoms. The molecular formula is C17H28IN3O2. The molecule has 1 aromatic carbocycles. The van der Waals surface area contributed by atoms with Gasteiger partial charge in [-0.3, -0.25) is 4.99 Å². The van der Waals surface area contributed by atoms with Crippen LogP contribution in [0, 0.1) is 19.8 Å². The number of aliphatic imine (C=N–C) groups is 1. The highest BCUT2D eigenvalue weighted by molar-refractivity contribution is 14.0. The van der Waals surface area contributed by atoms with Crippen LogP contribution in [0.1, 0.15) is 24.0 Å². The summed E-state index contributed by atoms with van der Waals surface area (Å²) >= 11 is 0. The van der Waals surface area contributed by atoms with Gasteiger partial charge < -0.3 is 20.5 Å². The summed E-state index contributed by atoms with van der Waals surface area (Å²) in [5, 5.41) is 3.12. The number of nitrogens with two attached hydrogens (primary N) is 1. The first-order chi connectivity index (χ1) is 10.6. The molecule has 5 nitrogen and oxygen atoms in total. The zero-order chi connectivity index (χ0) is 15.8. The van der Waals surface area contributed by atoms with Crippen molar-refractivity contribution < 1.29 is 9.47 Å². The molecule has 23 heavy (non-hydrogen) atoms. The normalized spacial score (nSPS) is 17.8. The van der Waals surface area contributed by atoms with Gasteiger partial charge in [0.2, 0.25) is 0 Å².